The Morgan fingerprint density at radius 2 is 2.16 bits per heavy atom. The first kappa shape index (κ1) is 15.0. The molecule has 0 aliphatic rings. The zero-order valence-electron chi connectivity index (χ0n) is 11.7. The third-order valence-electron chi connectivity index (χ3n) is 3.12. The molecule has 0 radical (unpaired) electrons. The Morgan fingerprint density at radius 1 is 1.47 bits per heavy atom. The van der Waals surface area contributed by atoms with Gasteiger partial charge in [0, 0.05) is 13.1 Å². The number of carbonyl (C=O) groups is 1. The number of likely N-dealkylation sites (N-methyl/N-ethyl adjacent to an activating group) is 1. The molecule has 1 aromatic rings. The summed E-state index contributed by atoms with van der Waals surface area (Å²) in [5.41, 5.74) is 0.444. The van der Waals surface area contributed by atoms with E-state index in [1.165, 1.54) is 0 Å². The van der Waals surface area contributed by atoms with E-state index in [2.05, 4.69) is 6.92 Å². The van der Waals surface area contributed by atoms with E-state index in [-0.39, 0.29) is 18.6 Å². The number of ether oxygens (including phenoxy) is 1. The van der Waals surface area contributed by atoms with E-state index in [1.54, 1.807) is 36.2 Å². The molecular formula is C15H20N2O2. The highest BCUT2D eigenvalue weighted by molar-refractivity contribution is 5.77. The van der Waals surface area contributed by atoms with Crippen LogP contribution in [-0.2, 0) is 4.79 Å². The van der Waals surface area contributed by atoms with Gasteiger partial charge in [-0.15, -0.1) is 0 Å². The summed E-state index contributed by atoms with van der Waals surface area (Å²) in [6.45, 7) is 4.07. The van der Waals surface area contributed by atoms with Crippen LogP contribution in [0.1, 0.15) is 32.3 Å². The van der Waals surface area contributed by atoms with Gasteiger partial charge in [-0.25, -0.2) is 0 Å². The Balaban J connectivity index is 2.57. The SMILES string of the molecule is CCCC(C)N(C)C(=O)COc1ccccc1C#N. The van der Waals surface area contributed by atoms with Crippen molar-refractivity contribution >= 4 is 5.91 Å². The first-order chi connectivity index (χ1) is 9.10. The molecule has 1 unspecified atom stereocenters. The van der Waals surface area contributed by atoms with Crippen molar-refractivity contribution < 1.29 is 9.53 Å². The molecule has 0 aromatic heterocycles. The van der Waals surface area contributed by atoms with Crippen LogP contribution in [0.15, 0.2) is 24.3 Å². The fraction of sp³-hybridized carbons (Fsp3) is 0.467. The highest BCUT2D eigenvalue weighted by atomic mass is 16.5. The van der Waals surface area contributed by atoms with Crippen molar-refractivity contribution in [2.24, 2.45) is 0 Å². The van der Waals surface area contributed by atoms with Gasteiger partial charge in [0.05, 0.1) is 5.56 Å². The summed E-state index contributed by atoms with van der Waals surface area (Å²) < 4.78 is 5.43. The Kier molecular flexibility index (Phi) is 5.87. The first-order valence-corrected chi connectivity index (χ1v) is 6.47. The van der Waals surface area contributed by atoms with Gasteiger partial charge < -0.3 is 9.64 Å². The van der Waals surface area contributed by atoms with Gasteiger partial charge in [-0.3, -0.25) is 4.79 Å². The molecule has 0 N–H and O–H groups in total. The number of rotatable bonds is 6. The van der Waals surface area contributed by atoms with Gasteiger partial charge in [-0.1, -0.05) is 25.5 Å². The lowest BCUT2D eigenvalue weighted by molar-refractivity contribution is -0.133. The second-order valence-corrected chi connectivity index (χ2v) is 4.54. The van der Waals surface area contributed by atoms with Gasteiger partial charge >= 0.3 is 0 Å². The second kappa shape index (κ2) is 7.42. The van der Waals surface area contributed by atoms with Gasteiger partial charge in [-0.2, -0.15) is 5.26 Å². The zero-order chi connectivity index (χ0) is 14.3. The molecule has 0 spiro atoms. The van der Waals surface area contributed by atoms with Crippen molar-refractivity contribution in [1.29, 1.82) is 5.26 Å². The van der Waals surface area contributed by atoms with Gasteiger partial charge in [0.1, 0.15) is 11.8 Å². The molecular weight excluding hydrogens is 240 g/mol. The Hall–Kier alpha value is -2.02. The van der Waals surface area contributed by atoms with Gasteiger partial charge in [0.15, 0.2) is 6.61 Å². The van der Waals surface area contributed by atoms with E-state index in [1.807, 2.05) is 13.0 Å². The molecule has 1 rings (SSSR count). The Morgan fingerprint density at radius 3 is 2.79 bits per heavy atom. The number of benzene rings is 1. The number of hydrogen-bond acceptors (Lipinski definition) is 3. The monoisotopic (exact) mass is 260 g/mol. The van der Waals surface area contributed by atoms with Crippen LogP contribution in [0.4, 0.5) is 0 Å². The van der Waals surface area contributed by atoms with Crippen LogP contribution in [0.5, 0.6) is 5.75 Å². The van der Waals surface area contributed by atoms with Crippen molar-refractivity contribution in [3.63, 3.8) is 0 Å². The topological polar surface area (TPSA) is 53.3 Å². The molecule has 0 bridgehead atoms. The number of carbonyl (C=O) groups excluding carboxylic acids is 1. The van der Waals surface area contributed by atoms with Crippen LogP contribution in [0, 0.1) is 11.3 Å². The molecule has 0 saturated carbocycles. The van der Waals surface area contributed by atoms with Crippen LogP contribution in [0.3, 0.4) is 0 Å². The number of amides is 1. The molecule has 1 aromatic carbocycles. The normalized spacial score (nSPS) is 11.5. The third kappa shape index (κ3) is 4.29. The summed E-state index contributed by atoms with van der Waals surface area (Å²) >= 11 is 0. The van der Waals surface area contributed by atoms with E-state index in [0.717, 1.165) is 12.8 Å². The summed E-state index contributed by atoms with van der Waals surface area (Å²) in [5.74, 6) is 0.378. The molecule has 1 amide bonds. The van der Waals surface area contributed by atoms with E-state index in [4.69, 9.17) is 10.00 Å². The van der Waals surface area contributed by atoms with Gasteiger partial charge in [0.25, 0.3) is 5.91 Å². The lowest BCUT2D eigenvalue weighted by Gasteiger charge is -2.24. The Labute approximate surface area is 114 Å². The standard InChI is InChI=1S/C15H20N2O2/c1-4-7-12(2)17(3)15(18)11-19-14-9-6-5-8-13(14)10-16/h5-6,8-9,12H,4,7,11H2,1-3H3. The van der Waals surface area contributed by atoms with E-state index in [9.17, 15) is 4.79 Å². The average molecular weight is 260 g/mol. The van der Waals surface area contributed by atoms with Crippen molar-refractivity contribution in [2.75, 3.05) is 13.7 Å². The van der Waals surface area contributed by atoms with Crippen LogP contribution in [0.25, 0.3) is 0 Å². The largest absolute Gasteiger partial charge is 0.482 e. The molecule has 0 heterocycles. The maximum Gasteiger partial charge on any atom is 0.260 e. The lowest BCUT2D eigenvalue weighted by Crippen LogP contribution is -2.38. The predicted molar refractivity (Wildman–Crippen MR) is 73.8 cm³/mol. The number of nitrogens with zero attached hydrogens (tertiary/aromatic N) is 2. The molecule has 0 aliphatic carbocycles. The van der Waals surface area contributed by atoms with Crippen molar-refractivity contribution in [2.45, 2.75) is 32.7 Å². The average Bonchev–Trinajstić information content (AvgIpc) is 2.44. The predicted octanol–water partition coefficient (Wildman–Crippen LogP) is 2.58. The van der Waals surface area contributed by atoms with Crippen molar-refractivity contribution in [1.82, 2.24) is 4.90 Å². The highest BCUT2D eigenvalue weighted by Gasteiger charge is 2.15. The molecule has 19 heavy (non-hydrogen) atoms. The third-order valence-corrected chi connectivity index (χ3v) is 3.12. The smallest absolute Gasteiger partial charge is 0.260 e. The van der Waals surface area contributed by atoms with E-state index >= 15 is 0 Å². The quantitative estimate of drug-likeness (QED) is 0.790. The minimum Gasteiger partial charge on any atom is -0.482 e. The minimum atomic E-state index is -0.0753. The van der Waals surface area contributed by atoms with Gasteiger partial charge in [-0.05, 0) is 25.5 Å². The summed E-state index contributed by atoms with van der Waals surface area (Å²) in [4.78, 5) is 13.6. The summed E-state index contributed by atoms with van der Waals surface area (Å²) in [7, 11) is 1.78. The molecule has 1 atom stereocenters. The van der Waals surface area contributed by atoms with E-state index < -0.39 is 0 Å². The Bertz CT molecular complexity index is 465. The van der Waals surface area contributed by atoms with E-state index in [0.29, 0.717) is 11.3 Å². The maximum absolute atomic E-state index is 12.0. The van der Waals surface area contributed by atoms with Crippen molar-refractivity contribution in [3.8, 4) is 11.8 Å². The number of para-hydroxylation sites is 1. The summed E-state index contributed by atoms with van der Waals surface area (Å²) in [6.07, 6.45) is 2.01. The fourth-order valence-electron chi connectivity index (χ4n) is 1.78. The molecule has 0 saturated heterocycles. The van der Waals surface area contributed by atoms with Crippen LogP contribution < -0.4 is 4.74 Å². The number of hydrogen-bond donors (Lipinski definition) is 0. The maximum atomic E-state index is 12.0. The van der Waals surface area contributed by atoms with Crippen LogP contribution in [-0.4, -0.2) is 30.5 Å². The summed E-state index contributed by atoms with van der Waals surface area (Å²) in [5, 5.41) is 8.93. The molecule has 0 fully saturated rings. The molecule has 4 heteroatoms. The van der Waals surface area contributed by atoms with Gasteiger partial charge in [0.2, 0.25) is 0 Å². The molecule has 102 valence electrons. The molecule has 0 aliphatic heterocycles. The first-order valence-electron chi connectivity index (χ1n) is 6.47. The highest BCUT2D eigenvalue weighted by Crippen LogP contribution is 2.16. The number of nitriles is 1. The van der Waals surface area contributed by atoms with Crippen LogP contribution in [0.2, 0.25) is 0 Å². The zero-order valence-corrected chi connectivity index (χ0v) is 11.7. The summed E-state index contributed by atoms with van der Waals surface area (Å²) in [6, 6.07) is 9.16. The second-order valence-electron chi connectivity index (χ2n) is 4.54. The molecule has 4 nitrogen and oxygen atoms in total. The lowest BCUT2D eigenvalue weighted by atomic mass is 10.2. The minimum absolute atomic E-state index is 0.0384. The van der Waals surface area contributed by atoms with Crippen molar-refractivity contribution in [3.05, 3.63) is 29.8 Å². The fourth-order valence-corrected chi connectivity index (χ4v) is 1.78. The van der Waals surface area contributed by atoms with Crippen LogP contribution >= 0.6 is 0 Å².